The number of thiophene rings is 1. The molecule has 0 fully saturated rings. The highest BCUT2D eigenvalue weighted by Gasteiger charge is 2.09. The molecule has 2 rings (SSSR count). The van der Waals surface area contributed by atoms with Gasteiger partial charge in [-0.2, -0.15) is 11.3 Å². The molecule has 4 heteroatoms. The molecule has 106 valence electrons. The van der Waals surface area contributed by atoms with E-state index in [4.69, 9.17) is 0 Å². The first-order valence-corrected chi connectivity index (χ1v) is 7.70. The van der Waals surface area contributed by atoms with Crippen LogP contribution in [0.2, 0.25) is 0 Å². The number of para-hydroxylation sites is 1. The van der Waals surface area contributed by atoms with E-state index in [1.165, 1.54) is 11.1 Å². The summed E-state index contributed by atoms with van der Waals surface area (Å²) in [6, 6.07) is 10.0. The number of carbonyl (C=O) groups is 1. The van der Waals surface area contributed by atoms with Gasteiger partial charge in [-0.25, -0.2) is 0 Å². The largest absolute Gasteiger partial charge is 0.325 e. The summed E-state index contributed by atoms with van der Waals surface area (Å²) in [5.74, 6) is 0.0311. The zero-order valence-corrected chi connectivity index (χ0v) is 12.7. The van der Waals surface area contributed by atoms with Crippen molar-refractivity contribution in [3.63, 3.8) is 0 Å². The van der Waals surface area contributed by atoms with Crippen molar-refractivity contribution in [1.29, 1.82) is 0 Å². The molecule has 1 N–H and O–H groups in total. The molecule has 0 aliphatic heterocycles. The molecule has 1 heterocycles. The monoisotopic (exact) mass is 288 g/mol. The lowest BCUT2D eigenvalue weighted by atomic mass is 10.1. The van der Waals surface area contributed by atoms with Crippen LogP contribution in [0.5, 0.6) is 0 Å². The van der Waals surface area contributed by atoms with Crippen LogP contribution in [-0.4, -0.2) is 24.4 Å². The van der Waals surface area contributed by atoms with Gasteiger partial charge in [0.15, 0.2) is 0 Å². The van der Waals surface area contributed by atoms with Gasteiger partial charge in [-0.05, 0) is 47.5 Å². The molecule has 0 saturated carbocycles. The maximum Gasteiger partial charge on any atom is 0.238 e. The van der Waals surface area contributed by atoms with Gasteiger partial charge in [0.2, 0.25) is 5.91 Å². The van der Waals surface area contributed by atoms with E-state index in [0.29, 0.717) is 6.54 Å². The molecule has 2 aromatic rings. The summed E-state index contributed by atoms with van der Waals surface area (Å²) in [7, 11) is 1.96. The minimum atomic E-state index is 0.0311. The number of anilines is 1. The van der Waals surface area contributed by atoms with Gasteiger partial charge < -0.3 is 5.32 Å². The van der Waals surface area contributed by atoms with Crippen molar-refractivity contribution >= 4 is 22.9 Å². The Morgan fingerprint density at radius 1 is 1.30 bits per heavy atom. The Labute approximate surface area is 124 Å². The zero-order valence-electron chi connectivity index (χ0n) is 11.9. The third-order valence-corrected chi connectivity index (χ3v) is 3.85. The van der Waals surface area contributed by atoms with Gasteiger partial charge in [0.25, 0.3) is 0 Å². The Kier molecular flexibility index (Phi) is 5.32. The van der Waals surface area contributed by atoms with Crippen molar-refractivity contribution in [2.75, 3.05) is 18.9 Å². The molecule has 0 aliphatic rings. The van der Waals surface area contributed by atoms with Gasteiger partial charge in [-0.1, -0.05) is 25.1 Å². The van der Waals surface area contributed by atoms with E-state index in [1.54, 1.807) is 11.3 Å². The number of likely N-dealkylation sites (N-methyl/N-ethyl adjacent to an activating group) is 1. The fourth-order valence-electron chi connectivity index (χ4n) is 2.14. The smallest absolute Gasteiger partial charge is 0.238 e. The lowest BCUT2D eigenvalue weighted by Crippen LogP contribution is -2.30. The number of hydrogen-bond acceptors (Lipinski definition) is 3. The van der Waals surface area contributed by atoms with E-state index in [-0.39, 0.29) is 5.91 Å². The zero-order chi connectivity index (χ0) is 14.4. The molecule has 0 saturated heterocycles. The molecule has 0 unspecified atom stereocenters. The van der Waals surface area contributed by atoms with Crippen molar-refractivity contribution in [3.05, 3.63) is 52.2 Å². The van der Waals surface area contributed by atoms with Crippen LogP contribution < -0.4 is 5.32 Å². The highest BCUT2D eigenvalue weighted by molar-refractivity contribution is 7.07. The molecular formula is C16H20N2OS. The highest BCUT2D eigenvalue weighted by atomic mass is 32.1. The van der Waals surface area contributed by atoms with Crippen LogP contribution in [0.15, 0.2) is 41.1 Å². The van der Waals surface area contributed by atoms with Crippen LogP contribution in [0.1, 0.15) is 18.1 Å². The SMILES string of the molecule is CCc1ccccc1NC(=O)CN(C)Cc1ccsc1. The first-order valence-electron chi connectivity index (χ1n) is 6.76. The Hall–Kier alpha value is -1.65. The van der Waals surface area contributed by atoms with Gasteiger partial charge in [0, 0.05) is 12.2 Å². The third-order valence-electron chi connectivity index (χ3n) is 3.12. The number of carbonyl (C=O) groups excluding carboxylic acids is 1. The predicted octanol–water partition coefficient (Wildman–Crippen LogP) is 3.38. The van der Waals surface area contributed by atoms with Crippen LogP contribution in [0.3, 0.4) is 0 Å². The minimum Gasteiger partial charge on any atom is -0.325 e. The second kappa shape index (κ2) is 7.22. The molecule has 0 spiro atoms. The maximum absolute atomic E-state index is 12.1. The molecule has 1 aromatic heterocycles. The molecule has 0 radical (unpaired) electrons. The van der Waals surface area contributed by atoms with Gasteiger partial charge in [-0.15, -0.1) is 0 Å². The average molecular weight is 288 g/mol. The van der Waals surface area contributed by atoms with Crippen molar-refractivity contribution in [2.45, 2.75) is 19.9 Å². The van der Waals surface area contributed by atoms with E-state index in [0.717, 1.165) is 18.7 Å². The highest BCUT2D eigenvalue weighted by Crippen LogP contribution is 2.15. The third kappa shape index (κ3) is 4.18. The summed E-state index contributed by atoms with van der Waals surface area (Å²) >= 11 is 1.68. The summed E-state index contributed by atoms with van der Waals surface area (Å²) < 4.78 is 0. The van der Waals surface area contributed by atoms with Crippen molar-refractivity contribution < 1.29 is 4.79 Å². The lowest BCUT2D eigenvalue weighted by molar-refractivity contribution is -0.117. The first-order chi connectivity index (χ1) is 9.69. The standard InChI is InChI=1S/C16H20N2OS/c1-3-14-6-4-5-7-15(14)17-16(19)11-18(2)10-13-8-9-20-12-13/h4-9,12H,3,10-11H2,1-2H3,(H,17,19). The van der Waals surface area contributed by atoms with Crippen LogP contribution in [0.25, 0.3) is 0 Å². The van der Waals surface area contributed by atoms with Crippen molar-refractivity contribution in [2.24, 2.45) is 0 Å². The fraction of sp³-hybridized carbons (Fsp3) is 0.312. The quantitative estimate of drug-likeness (QED) is 0.884. The lowest BCUT2D eigenvalue weighted by Gasteiger charge is -2.16. The second-order valence-electron chi connectivity index (χ2n) is 4.86. The summed E-state index contributed by atoms with van der Waals surface area (Å²) in [5.41, 5.74) is 3.34. The molecule has 20 heavy (non-hydrogen) atoms. The van der Waals surface area contributed by atoms with Crippen molar-refractivity contribution in [1.82, 2.24) is 4.90 Å². The molecule has 0 aliphatic carbocycles. The molecule has 1 amide bonds. The van der Waals surface area contributed by atoms with Crippen molar-refractivity contribution in [3.8, 4) is 0 Å². The number of aryl methyl sites for hydroxylation is 1. The molecule has 1 aromatic carbocycles. The van der Waals surface area contributed by atoms with Gasteiger partial charge in [-0.3, -0.25) is 9.69 Å². The molecule has 3 nitrogen and oxygen atoms in total. The Bertz CT molecular complexity index is 551. The summed E-state index contributed by atoms with van der Waals surface area (Å²) in [6.07, 6.45) is 0.918. The fourth-order valence-corrected chi connectivity index (χ4v) is 2.80. The van der Waals surface area contributed by atoms with E-state index in [2.05, 4.69) is 29.1 Å². The summed E-state index contributed by atoms with van der Waals surface area (Å²) in [5, 5.41) is 7.16. The van der Waals surface area contributed by atoms with Gasteiger partial charge in [0.1, 0.15) is 0 Å². The van der Waals surface area contributed by atoms with Gasteiger partial charge >= 0.3 is 0 Å². The topological polar surface area (TPSA) is 32.3 Å². The van der Waals surface area contributed by atoms with E-state index >= 15 is 0 Å². The first kappa shape index (κ1) is 14.8. The molecule has 0 atom stereocenters. The summed E-state index contributed by atoms with van der Waals surface area (Å²) in [6.45, 7) is 3.29. The predicted molar refractivity (Wildman–Crippen MR) is 85.1 cm³/mol. The Balaban J connectivity index is 1.88. The molecule has 0 bridgehead atoms. The number of nitrogens with one attached hydrogen (secondary N) is 1. The number of benzene rings is 1. The minimum absolute atomic E-state index is 0.0311. The normalized spacial score (nSPS) is 10.8. The second-order valence-corrected chi connectivity index (χ2v) is 5.64. The van der Waals surface area contributed by atoms with Gasteiger partial charge in [0.05, 0.1) is 6.54 Å². The van der Waals surface area contributed by atoms with E-state index < -0.39 is 0 Å². The Morgan fingerprint density at radius 3 is 2.80 bits per heavy atom. The number of amides is 1. The Morgan fingerprint density at radius 2 is 2.10 bits per heavy atom. The van der Waals surface area contributed by atoms with Crippen LogP contribution in [0, 0.1) is 0 Å². The van der Waals surface area contributed by atoms with Crippen LogP contribution >= 0.6 is 11.3 Å². The average Bonchev–Trinajstić information content (AvgIpc) is 2.91. The van der Waals surface area contributed by atoms with E-state index in [1.807, 2.05) is 36.2 Å². The van der Waals surface area contributed by atoms with E-state index in [9.17, 15) is 4.79 Å². The number of rotatable bonds is 6. The van der Waals surface area contributed by atoms with Crippen LogP contribution in [0.4, 0.5) is 5.69 Å². The van der Waals surface area contributed by atoms with Crippen LogP contribution in [-0.2, 0) is 17.8 Å². The maximum atomic E-state index is 12.1. The number of hydrogen-bond donors (Lipinski definition) is 1. The number of nitrogens with zero attached hydrogens (tertiary/aromatic N) is 1. The molecular weight excluding hydrogens is 268 g/mol. The summed E-state index contributed by atoms with van der Waals surface area (Å²) in [4.78, 5) is 14.1.